The zero-order valence-electron chi connectivity index (χ0n) is 11.3. The number of benzene rings is 1. The van der Waals surface area contributed by atoms with Crippen LogP contribution in [0.4, 0.5) is 17.5 Å². The van der Waals surface area contributed by atoms with Crippen molar-refractivity contribution in [2.24, 2.45) is 0 Å². The van der Waals surface area contributed by atoms with Gasteiger partial charge in [-0.15, -0.1) is 5.10 Å². The fraction of sp³-hybridized carbons (Fsp3) is 0.357. The number of nitrogens with zero attached hydrogens (tertiary/aromatic N) is 4. The Morgan fingerprint density at radius 1 is 1.25 bits per heavy atom. The van der Waals surface area contributed by atoms with Gasteiger partial charge < -0.3 is 10.2 Å². The second kappa shape index (κ2) is 5.75. The zero-order valence-corrected chi connectivity index (χ0v) is 12.9. The molecular formula is C14H16BrN5. The standard InChI is InChI=1S/C14H16BrN5/c1-10-4-5-11(8-12(10)15)17-13-9-16-19-14(18-13)20-6-2-3-7-20/h4-5,8-9H,2-3,6-7H2,1H3,(H,17,18,19). The lowest BCUT2D eigenvalue weighted by atomic mass is 10.2. The van der Waals surface area contributed by atoms with Crippen LogP contribution in [0.1, 0.15) is 18.4 Å². The molecule has 1 aliphatic heterocycles. The van der Waals surface area contributed by atoms with Gasteiger partial charge in [0.2, 0.25) is 5.95 Å². The molecule has 0 bridgehead atoms. The third-order valence-corrected chi connectivity index (χ3v) is 4.24. The van der Waals surface area contributed by atoms with Crippen LogP contribution in [0.5, 0.6) is 0 Å². The molecule has 1 saturated heterocycles. The summed E-state index contributed by atoms with van der Waals surface area (Å²) in [5, 5.41) is 11.4. The summed E-state index contributed by atoms with van der Waals surface area (Å²) in [4.78, 5) is 6.70. The summed E-state index contributed by atoms with van der Waals surface area (Å²) in [5.74, 6) is 1.43. The van der Waals surface area contributed by atoms with Crippen molar-refractivity contribution in [1.29, 1.82) is 0 Å². The SMILES string of the molecule is Cc1ccc(Nc2cnnc(N3CCCC3)n2)cc1Br. The van der Waals surface area contributed by atoms with E-state index in [1.807, 2.05) is 12.1 Å². The van der Waals surface area contributed by atoms with Crippen molar-refractivity contribution in [1.82, 2.24) is 15.2 Å². The number of aryl methyl sites for hydroxylation is 1. The molecule has 2 heterocycles. The van der Waals surface area contributed by atoms with Gasteiger partial charge in [0.05, 0.1) is 6.20 Å². The summed E-state index contributed by atoms with van der Waals surface area (Å²) in [5.41, 5.74) is 2.18. The lowest BCUT2D eigenvalue weighted by Gasteiger charge is -2.15. The molecule has 0 unspecified atom stereocenters. The Bertz CT molecular complexity index is 610. The summed E-state index contributed by atoms with van der Waals surface area (Å²) in [7, 11) is 0. The highest BCUT2D eigenvalue weighted by Crippen LogP contribution is 2.23. The van der Waals surface area contributed by atoms with Crippen molar-refractivity contribution in [3.05, 3.63) is 34.4 Å². The second-order valence-corrected chi connectivity index (χ2v) is 5.78. The van der Waals surface area contributed by atoms with Gasteiger partial charge in [0.15, 0.2) is 5.82 Å². The van der Waals surface area contributed by atoms with Gasteiger partial charge in [0.1, 0.15) is 0 Å². The van der Waals surface area contributed by atoms with Crippen LogP contribution in [-0.2, 0) is 0 Å². The molecule has 20 heavy (non-hydrogen) atoms. The van der Waals surface area contributed by atoms with Gasteiger partial charge in [0.25, 0.3) is 0 Å². The Morgan fingerprint density at radius 3 is 2.80 bits per heavy atom. The van der Waals surface area contributed by atoms with Crippen LogP contribution in [0.2, 0.25) is 0 Å². The molecule has 104 valence electrons. The minimum atomic E-state index is 0.707. The van der Waals surface area contributed by atoms with Crippen LogP contribution in [0, 0.1) is 6.92 Å². The maximum absolute atomic E-state index is 4.53. The minimum absolute atomic E-state index is 0.707. The van der Waals surface area contributed by atoms with Crippen LogP contribution in [-0.4, -0.2) is 28.3 Å². The largest absolute Gasteiger partial charge is 0.339 e. The van der Waals surface area contributed by atoms with Gasteiger partial charge in [0, 0.05) is 23.2 Å². The van der Waals surface area contributed by atoms with Crippen molar-refractivity contribution < 1.29 is 0 Å². The van der Waals surface area contributed by atoms with Gasteiger partial charge in [-0.3, -0.25) is 0 Å². The Hall–Kier alpha value is -1.69. The fourth-order valence-corrected chi connectivity index (χ4v) is 2.60. The molecule has 1 fully saturated rings. The van der Waals surface area contributed by atoms with Crippen molar-refractivity contribution in [2.45, 2.75) is 19.8 Å². The molecule has 1 aliphatic rings. The first-order valence-electron chi connectivity index (χ1n) is 6.70. The second-order valence-electron chi connectivity index (χ2n) is 4.92. The van der Waals surface area contributed by atoms with Gasteiger partial charge in [-0.1, -0.05) is 22.0 Å². The van der Waals surface area contributed by atoms with Crippen LogP contribution >= 0.6 is 15.9 Å². The quantitative estimate of drug-likeness (QED) is 0.933. The topological polar surface area (TPSA) is 53.9 Å². The van der Waals surface area contributed by atoms with E-state index in [4.69, 9.17) is 0 Å². The Labute approximate surface area is 126 Å². The van der Waals surface area contributed by atoms with Crippen LogP contribution < -0.4 is 10.2 Å². The zero-order chi connectivity index (χ0) is 13.9. The van der Waals surface area contributed by atoms with Gasteiger partial charge >= 0.3 is 0 Å². The molecule has 6 heteroatoms. The molecule has 3 rings (SSSR count). The third-order valence-electron chi connectivity index (χ3n) is 3.38. The highest BCUT2D eigenvalue weighted by molar-refractivity contribution is 9.10. The normalized spacial score (nSPS) is 14.6. The predicted molar refractivity (Wildman–Crippen MR) is 83.4 cm³/mol. The number of rotatable bonds is 3. The molecule has 1 aromatic heterocycles. The van der Waals surface area contributed by atoms with E-state index in [0.29, 0.717) is 5.95 Å². The van der Waals surface area contributed by atoms with E-state index in [1.165, 1.54) is 18.4 Å². The Morgan fingerprint density at radius 2 is 2.05 bits per heavy atom. The minimum Gasteiger partial charge on any atom is -0.339 e. The van der Waals surface area contributed by atoms with Gasteiger partial charge in [-0.25, -0.2) is 0 Å². The summed E-state index contributed by atoms with van der Waals surface area (Å²) in [6, 6.07) is 6.12. The van der Waals surface area contributed by atoms with E-state index >= 15 is 0 Å². The van der Waals surface area contributed by atoms with Crippen molar-refractivity contribution in [2.75, 3.05) is 23.3 Å². The molecule has 0 aliphatic carbocycles. The summed E-state index contributed by atoms with van der Waals surface area (Å²) in [6.45, 7) is 4.09. The van der Waals surface area contributed by atoms with Crippen LogP contribution in [0.15, 0.2) is 28.9 Å². The average molecular weight is 334 g/mol. The molecule has 0 amide bonds. The predicted octanol–water partition coefficient (Wildman–Crippen LogP) is 3.29. The Kier molecular flexibility index (Phi) is 3.82. The molecule has 0 radical (unpaired) electrons. The highest BCUT2D eigenvalue weighted by atomic mass is 79.9. The summed E-state index contributed by atoms with van der Waals surface area (Å²) >= 11 is 3.53. The van der Waals surface area contributed by atoms with Crippen LogP contribution in [0.3, 0.4) is 0 Å². The smallest absolute Gasteiger partial charge is 0.247 e. The summed E-state index contributed by atoms with van der Waals surface area (Å²) in [6.07, 6.45) is 4.05. The van der Waals surface area contributed by atoms with Crippen molar-refractivity contribution >= 4 is 33.4 Å². The summed E-state index contributed by atoms with van der Waals surface area (Å²) < 4.78 is 1.07. The maximum Gasteiger partial charge on any atom is 0.247 e. The lowest BCUT2D eigenvalue weighted by Crippen LogP contribution is -2.21. The number of nitrogens with one attached hydrogen (secondary N) is 1. The number of aromatic nitrogens is 3. The first kappa shape index (κ1) is 13.3. The average Bonchev–Trinajstić information content (AvgIpc) is 2.97. The number of anilines is 3. The molecule has 5 nitrogen and oxygen atoms in total. The van der Waals surface area contributed by atoms with E-state index in [9.17, 15) is 0 Å². The molecule has 1 aromatic carbocycles. The first-order chi connectivity index (χ1) is 9.72. The Balaban J connectivity index is 1.79. The third kappa shape index (κ3) is 2.90. The molecule has 0 atom stereocenters. The van der Waals surface area contributed by atoms with E-state index in [-0.39, 0.29) is 0 Å². The van der Waals surface area contributed by atoms with E-state index in [2.05, 4.69) is 54.3 Å². The molecule has 0 saturated carbocycles. The molecule has 2 aromatic rings. The molecule has 1 N–H and O–H groups in total. The van der Waals surface area contributed by atoms with Crippen molar-refractivity contribution in [3.8, 4) is 0 Å². The lowest BCUT2D eigenvalue weighted by molar-refractivity contribution is 0.852. The molecular weight excluding hydrogens is 318 g/mol. The number of hydrogen-bond acceptors (Lipinski definition) is 5. The highest BCUT2D eigenvalue weighted by Gasteiger charge is 2.15. The maximum atomic E-state index is 4.53. The van der Waals surface area contributed by atoms with Crippen molar-refractivity contribution in [3.63, 3.8) is 0 Å². The number of halogens is 1. The van der Waals surface area contributed by atoms with Gasteiger partial charge in [-0.05, 0) is 37.5 Å². The van der Waals surface area contributed by atoms with E-state index < -0.39 is 0 Å². The molecule has 0 spiro atoms. The fourth-order valence-electron chi connectivity index (χ4n) is 2.22. The monoisotopic (exact) mass is 333 g/mol. The van der Waals surface area contributed by atoms with E-state index in [1.54, 1.807) is 6.20 Å². The van der Waals surface area contributed by atoms with Crippen LogP contribution in [0.25, 0.3) is 0 Å². The first-order valence-corrected chi connectivity index (χ1v) is 7.49. The van der Waals surface area contributed by atoms with Gasteiger partial charge in [-0.2, -0.15) is 10.1 Å². The van der Waals surface area contributed by atoms with E-state index in [0.717, 1.165) is 29.1 Å². The number of hydrogen-bond donors (Lipinski definition) is 1.